The van der Waals surface area contributed by atoms with Crippen LogP contribution in [0.2, 0.25) is 0 Å². The Bertz CT molecular complexity index is 706. The SMILES string of the molecule is CN(C)c1cccc(CNC(=O)[C@@H]2CCCN(c3cnccn3)C2)n1. The van der Waals surface area contributed by atoms with Crippen molar-refractivity contribution in [2.75, 3.05) is 37.0 Å². The lowest BCUT2D eigenvalue weighted by atomic mass is 9.97. The second-order valence-electron chi connectivity index (χ2n) is 6.45. The van der Waals surface area contributed by atoms with Crippen molar-refractivity contribution in [2.45, 2.75) is 19.4 Å². The molecule has 1 aliphatic rings. The van der Waals surface area contributed by atoms with Crippen LogP contribution in [0.5, 0.6) is 0 Å². The van der Waals surface area contributed by atoms with E-state index < -0.39 is 0 Å². The van der Waals surface area contributed by atoms with E-state index in [0.29, 0.717) is 13.1 Å². The Morgan fingerprint density at radius 3 is 3.00 bits per heavy atom. The Kier molecular flexibility index (Phi) is 5.42. The number of anilines is 2. The summed E-state index contributed by atoms with van der Waals surface area (Å²) < 4.78 is 0. The molecule has 2 aromatic heterocycles. The molecule has 1 atom stereocenters. The molecule has 0 bridgehead atoms. The number of carbonyl (C=O) groups excluding carboxylic acids is 1. The van der Waals surface area contributed by atoms with E-state index >= 15 is 0 Å². The van der Waals surface area contributed by atoms with Gasteiger partial charge in [-0.2, -0.15) is 0 Å². The Balaban J connectivity index is 1.57. The molecule has 0 spiro atoms. The zero-order valence-electron chi connectivity index (χ0n) is 14.7. The fourth-order valence-corrected chi connectivity index (χ4v) is 2.99. The summed E-state index contributed by atoms with van der Waals surface area (Å²) in [5.74, 6) is 1.76. The highest BCUT2D eigenvalue weighted by atomic mass is 16.1. The second-order valence-corrected chi connectivity index (χ2v) is 6.45. The summed E-state index contributed by atoms with van der Waals surface area (Å²) in [5, 5.41) is 3.02. The number of aromatic nitrogens is 3. The molecule has 1 amide bonds. The Morgan fingerprint density at radius 2 is 2.24 bits per heavy atom. The van der Waals surface area contributed by atoms with Crippen molar-refractivity contribution in [2.24, 2.45) is 5.92 Å². The van der Waals surface area contributed by atoms with Crippen molar-refractivity contribution in [3.63, 3.8) is 0 Å². The number of amides is 1. The normalized spacial score (nSPS) is 17.2. The van der Waals surface area contributed by atoms with Crippen LogP contribution in [-0.2, 0) is 11.3 Å². The van der Waals surface area contributed by atoms with E-state index in [1.54, 1.807) is 18.6 Å². The lowest BCUT2D eigenvalue weighted by molar-refractivity contribution is -0.125. The van der Waals surface area contributed by atoms with E-state index in [1.807, 2.05) is 37.2 Å². The number of carbonyl (C=O) groups is 1. The average molecular weight is 340 g/mol. The van der Waals surface area contributed by atoms with Gasteiger partial charge in [0.1, 0.15) is 11.6 Å². The maximum Gasteiger partial charge on any atom is 0.225 e. The molecule has 2 aromatic rings. The zero-order valence-corrected chi connectivity index (χ0v) is 14.7. The van der Waals surface area contributed by atoms with Crippen molar-refractivity contribution in [1.82, 2.24) is 20.3 Å². The summed E-state index contributed by atoms with van der Waals surface area (Å²) in [4.78, 5) is 29.6. The molecule has 7 nitrogen and oxygen atoms in total. The van der Waals surface area contributed by atoms with Crippen LogP contribution in [0.15, 0.2) is 36.8 Å². The minimum absolute atomic E-state index is 0.0345. The predicted molar refractivity (Wildman–Crippen MR) is 97.4 cm³/mol. The van der Waals surface area contributed by atoms with Crippen LogP contribution in [-0.4, -0.2) is 48.0 Å². The van der Waals surface area contributed by atoms with Crippen LogP contribution in [0.4, 0.5) is 11.6 Å². The van der Waals surface area contributed by atoms with Gasteiger partial charge in [-0.25, -0.2) is 9.97 Å². The Hall–Kier alpha value is -2.70. The van der Waals surface area contributed by atoms with E-state index in [2.05, 4.69) is 25.2 Å². The molecule has 7 heteroatoms. The first-order valence-electron chi connectivity index (χ1n) is 8.55. The number of rotatable bonds is 5. The Labute approximate surface area is 148 Å². The van der Waals surface area contributed by atoms with Gasteiger partial charge in [0, 0.05) is 39.6 Å². The summed E-state index contributed by atoms with van der Waals surface area (Å²) in [6.07, 6.45) is 6.96. The summed E-state index contributed by atoms with van der Waals surface area (Å²) >= 11 is 0. The molecule has 0 radical (unpaired) electrons. The predicted octanol–water partition coefficient (Wildman–Crippen LogP) is 1.47. The molecule has 25 heavy (non-hydrogen) atoms. The zero-order chi connectivity index (χ0) is 17.6. The average Bonchev–Trinajstić information content (AvgIpc) is 2.67. The number of hydrogen-bond acceptors (Lipinski definition) is 6. The first-order chi connectivity index (χ1) is 12.1. The third-order valence-corrected chi connectivity index (χ3v) is 4.36. The van der Waals surface area contributed by atoms with Crippen LogP contribution in [0, 0.1) is 5.92 Å². The van der Waals surface area contributed by atoms with Gasteiger partial charge in [-0.3, -0.25) is 9.78 Å². The van der Waals surface area contributed by atoms with Crippen molar-refractivity contribution in [3.8, 4) is 0 Å². The third-order valence-electron chi connectivity index (χ3n) is 4.36. The highest BCUT2D eigenvalue weighted by Crippen LogP contribution is 2.21. The van der Waals surface area contributed by atoms with Gasteiger partial charge in [-0.15, -0.1) is 0 Å². The van der Waals surface area contributed by atoms with Gasteiger partial charge in [-0.1, -0.05) is 6.07 Å². The monoisotopic (exact) mass is 340 g/mol. The fourth-order valence-electron chi connectivity index (χ4n) is 2.99. The molecule has 3 heterocycles. The number of hydrogen-bond donors (Lipinski definition) is 1. The van der Waals surface area contributed by atoms with Crippen molar-refractivity contribution < 1.29 is 4.79 Å². The van der Waals surface area contributed by atoms with Crippen molar-refractivity contribution in [1.29, 1.82) is 0 Å². The second kappa shape index (κ2) is 7.92. The van der Waals surface area contributed by atoms with Crippen molar-refractivity contribution >= 4 is 17.5 Å². The van der Waals surface area contributed by atoms with Gasteiger partial charge in [0.15, 0.2) is 0 Å². The highest BCUT2D eigenvalue weighted by Gasteiger charge is 2.26. The van der Waals surface area contributed by atoms with E-state index in [-0.39, 0.29) is 11.8 Å². The van der Waals surface area contributed by atoms with Crippen LogP contribution >= 0.6 is 0 Å². The Morgan fingerprint density at radius 1 is 1.36 bits per heavy atom. The van der Waals surface area contributed by atoms with Gasteiger partial charge >= 0.3 is 0 Å². The number of nitrogens with one attached hydrogen (secondary N) is 1. The first-order valence-corrected chi connectivity index (χ1v) is 8.55. The smallest absolute Gasteiger partial charge is 0.225 e. The molecule has 1 saturated heterocycles. The number of nitrogens with zero attached hydrogens (tertiary/aromatic N) is 5. The maximum atomic E-state index is 12.6. The number of piperidine rings is 1. The summed E-state index contributed by atoms with van der Waals surface area (Å²) in [6, 6.07) is 5.84. The molecule has 0 saturated carbocycles. The summed E-state index contributed by atoms with van der Waals surface area (Å²) in [7, 11) is 3.90. The van der Waals surface area contributed by atoms with E-state index in [9.17, 15) is 4.79 Å². The highest BCUT2D eigenvalue weighted by molar-refractivity contribution is 5.79. The standard InChI is InChI=1S/C18H24N6O/c1-23(2)16-7-3-6-15(22-16)11-21-18(25)14-5-4-10-24(13-14)17-12-19-8-9-20-17/h3,6-9,12,14H,4-5,10-11,13H2,1-2H3,(H,21,25)/t14-/m1/s1. The molecule has 132 valence electrons. The van der Waals surface area contributed by atoms with Gasteiger partial charge < -0.3 is 15.1 Å². The maximum absolute atomic E-state index is 12.6. The van der Waals surface area contributed by atoms with Crippen LogP contribution < -0.4 is 15.1 Å². The summed E-state index contributed by atoms with van der Waals surface area (Å²) in [6.45, 7) is 2.03. The topological polar surface area (TPSA) is 74.2 Å². The van der Waals surface area contributed by atoms with E-state index in [0.717, 1.165) is 36.7 Å². The summed E-state index contributed by atoms with van der Waals surface area (Å²) in [5.41, 5.74) is 0.862. The molecule has 1 fully saturated rings. The molecule has 0 aromatic carbocycles. The van der Waals surface area contributed by atoms with Crippen LogP contribution in [0.3, 0.4) is 0 Å². The first kappa shape index (κ1) is 17.1. The minimum Gasteiger partial charge on any atom is -0.363 e. The van der Waals surface area contributed by atoms with Crippen molar-refractivity contribution in [3.05, 3.63) is 42.5 Å². The lowest BCUT2D eigenvalue weighted by Gasteiger charge is -2.32. The minimum atomic E-state index is -0.0345. The van der Waals surface area contributed by atoms with Crippen LogP contribution in [0.25, 0.3) is 0 Å². The number of pyridine rings is 1. The van der Waals surface area contributed by atoms with Gasteiger partial charge in [-0.05, 0) is 25.0 Å². The fraction of sp³-hybridized carbons (Fsp3) is 0.444. The third kappa shape index (κ3) is 4.43. The largest absolute Gasteiger partial charge is 0.363 e. The van der Waals surface area contributed by atoms with Gasteiger partial charge in [0.2, 0.25) is 5.91 Å². The van der Waals surface area contributed by atoms with E-state index in [1.165, 1.54) is 0 Å². The molecular weight excluding hydrogens is 316 g/mol. The molecule has 3 rings (SSSR count). The molecule has 1 N–H and O–H groups in total. The molecule has 1 aliphatic heterocycles. The lowest BCUT2D eigenvalue weighted by Crippen LogP contribution is -2.43. The molecule has 0 unspecified atom stereocenters. The molecule has 0 aliphatic carbocycles. The van der Waals surface area contributed by atoms with Crippen LogP contribution in [0.1, 0.15) is 18.5 Å². The molecular formula is C18H24N6O. The quantitative estimate of drug-likeness (QED) is 0.888. The van der Waals surface area contributed by atoms with Gasteiger partial charge in [0.05, 0.1) is 24.4 Å². The van der Waals surface area contributed by atoms with E-state index in [4.69, 9.17) is 0 Å². The van der Waals surface area contributed by atoms with Gasteiger partial charge in [0.25, 0.3) is 0 Å².